The lowest BCUT2D eigenvalue weighted by molar-refractivity contribution is 0.0989. The number of nitrogens with zero attached hydrogens (tertiary/aromatic N) is 3. The van der Waals surface area contributed by atoms with Crippen LogP contribution in [0.2, 0.25) is 0 Å². The highest BCUT2D eigenvalue weighted by molar-refractivity contribution is 5.97. The van der Waals surface area contributed by atoms with Crippen molar-refractivity contribution in [1.29, 1.82) is 0 Å². The Labute approximate surface area is 107 Å². The van der Waals surface area contributed by atoms with E-state index in [1.165, 1.54) is 11.9 Å². The van der Waals surface area contributed by atoms with Gasteiger partial charge in [0.25, 0.3) is 0 Å². The number of benzene rings is 1. The first-order valence-electron chi connectivity index (χ1n) is 6.04. The average molecular weight is 243 g/mol. The molecule has 1 heterocycles. The highest BCUT2D eigenvalue weighted by Gasteiger charge is 2.11. The molecule has 0 radical (unpaired) electrons. The molecule has 4 nitrogen and oxygen atoms in total. The van der Waals surface area contributed by atoms with E-state index < -0.39 is 0 Å². The van der Waals surface area contributed by atoms with Crippen LogP contribution in [0.1, 0.15) is 41.5 Å². The van der Waals surface area contributed by atoms with E-state index in [4.69, 9.17) is 0 Å². The largest absolute Gasteiger partial charge is 0.294 e. The zero-order chi connectivity index (χ0) is 13.1. The molecule has 0 spiro atoms. The van der Waals surface area contributed by atoms with Crippen LogP contribution in [0.5, 0.6) is 0 Å². The van der Waals surface area contributed by atoms with Gasteiger partial charge in [-0.25, -0.2) is 4.98 Å². The number of ketones is 1. The van der Waals surface area contributed by atoms with Crippen molar-refractivity contribution in [2.24, 2.45) is 7.05 Å². The monoisotopic (exact) mass is 243 g/mol. The predicted molar refractivity (Wildman–Crippen MR) is 69.6 cm³/mol. The standard InChI is InChI=1S/C14H17N3O/c1-10(2)11-4-6-12(7-5-11)13(18)8-14-15-9-16-17(14)3/h4-7,9-10H,8H2,1-3H3. The minimum atomic E-state index is 0.0707. The number of aryl methyl sites for hydroxylation is 1. The maximum absolute atomic E-state index is 12.1. The van der Waals surface area contributed by atoms with Crippen LogP contribution >= 0.6 is 0 Å². The average Bonchev–Trinajstić information content (AvgIpc) is 2.75. The van der Waals surface area contributed by atoms with Gasteiger partial charge in [-0.1, -0.05) is 38.1 Å². The number of carbonyl (C=O) groups is 1. The van der Waals surface area contributed by atoms with E-state index in [9.17, 15) is 4.79 Å². The fourth-order valence-corrected chi connectivity index (χ4v) is 1.78. The molecule has 1 aromatic heterocycles. The normalized spacial score (nSPS) is 10.9. The van der Waals surface area contributed by atoms with Crippen molar-refractivity contribution in [2.75, 3.05) is 0 Å². The van der Waals surface area contributed by atoms with Crippen molar-refractivity contribution in [3.8, 4) is 0 Å². The molecule has 0 saturated heterocycles. The Morgan fingerprint density at radius 2 is 1.94 bits per heavy atom. The lowest BCUT2D eigenvalue weighted by Crippen LogP contribution is -2.09. The lowest BCUT2D eigenvalue weighted by atomic mass is 10.00. The molecule has 0 unspecified atom stereocenters. The molecule has 0 N–H and O–H groups in total. The summed E-state index contributed by atoms with van der Waals surface area (Å²) in [6, 6.07) is 7.78. The molecule has 0 fully saturated rings. The van der Waals surface area contributed by atoms with Crippen molar-refractivity contribution < 1.29 is 4.79 Å². The first-order chi connectivity index (χ1) is 8.58. The van der Waals surface area contributed by atoms with E-state index in [2.05, 4.69) is 23.9 Å². The fraction of sp³-hybridized carbons (Fsp3) is 0.357. The third-order valence-electron chi connectivity index (χ3n) is 3.02. The van der Waals surface area contributed by atoms with Gasteiger partial charge in [0.05, 0.1) is 6.42 Å². The molecule has 0 saturated carbocycles. The second-order valence-corrected chi connectivity index (χ2v) is 4.68. The number of Topliss-reactive ketones (excluding diaryl/α,β-unsaturated/α-hetero) is 1. The molecule has 0 amide bonds. The smallest absolute Gasteiger partial charge is 0.170 e. The first-order valence-corrected chi connectivity index (χ1v) is 6.04. The Kier molecular flexibility index (Phi) is 3.55. The maximum atomic E-state index is 12.1. The van der Waals surface area contributed by atoms with Gasteiger partial charge in [-0.2, -0.15) is 5.10 Å². The van der Waals surface area contributed by atoms with E-state index in [1.54, 1.807) is 11.7 Å². The van der Waals surface area contributed by atoms with Crippen LogP contribution in [0, 0.1) is 0 Å². The second kappa shape index (κ2) is 5.12. The van der Waals surface area contributed by atoms with Gasteiger partial charge in [0.15, 0.2) is 5.78 Å². The minimum Gasteiger partial charge on any atom is -0.294 e. The van der Waals surface area contributed by atoms with Crippen LogP contribution in [0.3, 0.4) is 0 Å². The molecule has 2 rings (SSSR count). The van der Waals surface area contributed by atoms with E-state index in [-0.39, 0.29) is 12.2 Å². The predicted octanol–water partition coefficient (Wildman–Crippen LogP) is 2.36. The first kappa shape index (κ1) is 12.5. The molecule has 0 bridgehead atoms. The molecule has 94 valence electrons. The Balaban J connectivity index is 2.12. The zero-order valence-electron chi connectivity index (χ0n) is 10.9. The minimum absolute atomic E-state index is 0.0707. The van der Waals surface area contributed by atoms with Crippen molar-refractivity contribution >= 4 is 5.78 Å². The van der Waals surface area contributed by atoms with Crippen LogP contribution in [0.25, 0.3) is 0 Å². The molecule has 4 heteroatoms. The maximum Gasteiger partial charge on any atom is 0.170 e. The van der Waals surface area contributed by atoms with Gasteiger partial charge < -0.3 is 0 Å². The summed E-state index contributed by atoms with van der Waals surface area (Å²) < 4.78 is 1.63. The molecule has 18 heavy (non-hydrogen) atoms. The quantitative estimate of drug-likeness (QED) is 0.774. The number of hydrogen-bond acceptors (Lipinski definition) is 3. The van der Waals surface area contributed by atoms with Gasteiger partial charge in [-0.15, -0.1) is 0 Å². The third kappa shape index (κ3) is 2.64. The molecular weight excluding hydrogens is 226 g/mol. The molecule has 0 aliphatic heterocycles. The Morgan fingerprint density at radius 1 is 1.28 bits per heavy atom. The van der Waals surface area contributed by atoms with Gasteiger partial charge in [0.1, 0.15) is 12.2 Å². The molecule has 2 aromatic rings. The molecule has 0 atom stereocenters. The highest BCUT2D eigenvalue weighted by atomic mass is 16.1. The zero-order valence-corrected chi connectivity index (χ0v) is 10.9. The summed E-state index contributed by atoms with van der Waals surface area (Å²) in [5.74, 6) is 1.24. The molecular formula is C14H17N3O. The second-order valence-electron chi connectivity index (χ2n) is 4.68. The van der Waals surface area contributed by atoms with Gasteiger partial charge in [-0.3, -0.25) is 9.48 Å². The summed E-state index contributed by atoms with van der Waals surface area (Å²) in [6.07, 6.45) is 1.75. The number of carbonyl (C=O) groups excluding carboxylic acids is 1. The summed E-state index contributed by atoms with van der Waals surface area (Å²) in [5.41, 5.74) is 1.97. The Morgan fingerprint density at radius 3 is 2.44 bits per heavy atom. The number of rotatable bonds is 4. The van der Waals surface area contributed by atoms with E-state index in [1.807, 2.05) is 24.3 Å². The van der Waals surface area contributed by atoms with Gasteiger partial charge in [0, 0.05) is 12.6 Å². The molecule has 0 aliphatic rings. The Hall–Kier alpha value is -1.97. The van der Waals surface area contributed by atoms with Crippen LogP contribution in [-0.2, 0) is 13.5 Å². The van der Waals surface area contributed by atoms with Crippen LogP contribution in [0.15, 0.2) is 30.6 Å². The summed E-state index contributed by atoms with van der Waals surface area (Å²) in [4.78, 5) is 16.1. The molecule has 0 aliphatic carbocycles. The summed E-state index contributed by atoms with van der Waals surface area (Å²) in [6.45, 7) is 4.27. The number of hydrogen-bond donors (Lipinski definition) is 0. The van der Waals surface area contributed by atoms with E-state index in [0.29, 0.717) is 11.7 Å². The summed E-state index contributed by atoms with van der Waals surface area (Å²) >= 11 is 0. The lowest BCUT2D eigenvalue weighted by Gasteiger charge is -2.06. The fourth-order valence-electron chi connectivity index (χ4n) is 1.78. The highest BCUT2D eigenvalue weighted by Crippen LogP contribution is 2.15. The van der Waals surface area contributed by atoms with Crippen LogP contribution in [-0.4, -0.2) is 20.5 Å². The van der Waals surface area contributed by atoms with Crippen molar-refractivity contribution in [2.45, 2.75) is 26.2 Å². The van der Waals surface area contributed by atoms with Gasteiger partial charge in [-0.05, 0) is 11.5 Å². The van der Waals surface area contributed by atoms with Crippen LogP contribution in [0.4, 0.5) is 0 Å². The third-order valence-corrected chi connectivity index (χ3v) is 3.02. The van der Waals surface area contributed by atoms with Gasteiger partial charge >= 0.3 is 0 Å². The van der Waals surface area contributed by atoms with Crippen molar-refractivity contribution in [3.05, 3.63) is 47.5 Å². The van der Waals surface area contributed by atoms with Gasteiger partial charge in [0.2, 0.25) is 0 Å². The van der Waals surface area contributed by atoms with Crippen LogP contribution < -0.4 is 0 Å². The van der Waals surface area contributed by atoms with E-state index >= 15 is 0 Å². The van der Waals surface area contributed by atoms with Crippen molar-refractivity contribution in [3.63, 3.8) is 0 Å². The topological polar surface area (TPSA) is 47.8 Å². The number of aromatic nitrogens is 3. The summed E-state index contributed by atoms with van der Waals surface area (Å²) in [7, 11) is 1.79. The Bertz CT molecular complexity index is 540. The SMILES string of the molecule is CC(C)c1ccc(C(=O)Cc2ncnn2C)cc1. The summed E-state index contributed by atoms with van der Waals surface area (Å²) in [5, 5.41) is 3.95. The van der Waals surface area contributed by atoms with Crippen molar-refractivity contribution in [1.82, 2.24) is 14.8 Å². The van der Waals surface area contributed by atoms with E-state index in [0.717, 1.165) is 5.56 Å². The molecule has 1 aromatic carbocycles.